The SMILES string of the molecule is O=C(COC(=O)c1cc(O)c2ccccc2c1O)Nc1ccc(F)c(F)c1F. The molecule has 0 bridgehead atoms. The third kappa shape index (κ3) is 3.54. The summed E-state index contributed by atoms with van der Waals surface area (Å²) in [5.41, 5.74) is -1.02. The molecule has 3 aromatic rings. The molecule has 0 heterocycles. The maximum atomic E-state index is 13.5. The van der Waals surface area contributed by atoms with Gasteiger partial charge in [-0.1, -0.05) is 24.3 Å². The number of phenols is 2. The number of carbonyl (C=O) groups excluding carboxylic acids is 2. The Morgan fingerprint density at radius 3 is 2.36 bits per heavy atom. The van der Waals surface area contributed by atoms with Crippen molar-refractivity contribution < 1.29 is 37.7 Å². The van der Waals surface area contributed by atoms with E-state index in [-0.39, 0.29) is 16.7 Å². The fourth-order valence-electron chi connectivity index (χ4n) is 2.51. The molecule has 0 saturated heterocycles. The van der Waals surface area contributed by atoms with Gasteiger partial charge in [0.15, 0.2) is 24.1 Å². The van der Waals surface area contributed by atoms with Gasteiger partial charge in [0.25, 0.3) is 5.91 Å². The van der Waals surface area contributed by atoms with Crippen molar-refractivity contribution in [3.8, 4) is 11.5 Å². The standard InChI is InChI=1S/C19H12F3NO5/c20-12-5-6-13(17(22)16(12)21)23-15(25)8-28-19(27)11-7-14(24)9-3-1-2-4-10(9)18(11)26/h1-7,24,26H,8H2,(H,23,25). The van der Waals surface area contributed by atoms with Gasteiger partial charge in [0, 0.05) is 10.8 Å². The molecular formula is C19H12F3NO5. The van der Waals surface area contributed by atoms with E-state index in [1.54, 1.807) is 12.1 Å². The Morgan fingerprint density at radius 2 is 1.64 bits per heavy atom. The summed E-state index contributed by atoms with van der Waals surface area (Å²) in [6.45, 7) is -0.899. The molecule has 6 nitrogen and oxygen atoms in total. The summed E-state index contributed by atoms with van der Waals surface area (Å²) >= 11 is 0. The smallest absolute Gasteiger partial charge is 0.342 e. The number of phenolic OH excluding ortho intramolecular Hbond substituents is 2. The zero-order valence-corrected chi connectivity index (χ0v) is 14.0. The van der Waals surface area contributed by atoms with Crippen LogP contribution in [0.3, 0.4) is 0 Å². The highest BCUT2D eigenvalue weighted by Gasteiger charge is 2.20. The Morgan fingerprint density at radius 1 is 0.964 bits per heavy atom. The van der Waals surface area contributed by atoms with Gasteiger partial charge in [-0.3, -0.25) is 4.79 Å². The topological polar surface area (TPSA) is 95.9 Å². The lowest BCUT2D eigenvalue weighted by atomic mass is 10.0. The van der Waals surface area contributed by atoms with Crippen LogP contribution in [0.2, 0.25) is 0 Å². The lowest BCUT2D eigenvalue weighted by molar-refractivity contribution is -0.119. The molecule has 0 atom stereocenters. The summed E-state index contributed by atoms with van der Waals surface area (Å²) in [5, 5.41) is 22.6. The number of carbonyl (C=O) groups is 2. The van der Waals surface area contributed by atoms with Gasteiger partial charge in [0.1, 0.15) is 17.1 Å². The van der Waals surface area contributed by atoms with E-state index in [4.69, 9.17) is 4.74 Å². The number of hydrogen-bond donors (Lipinski definition) is 3. The van der Waals surface area contributed by atoms with Crippen LogP contribution < -0.4 is 5.32 Å². The van der Waals surface area contributed by atoms with E-state index in [0.717, 1.165) is 12.1 Å². The van der Waals surface area contributed by atoms with E-state index >= 15 is 0 Å². The summed E-state index contributed by atoms with van der Waals surface area (Å²) in [6, 6.07) is 8.62. The number of rotatable bonds is 4. The van der Waals surface area contributed by atoms with E-state index in [1.807, 2.05) is 5.32 Å². The minimum atomic E-state index is -1.76. The van der Waals surface area contributed by atoms with Crippen molar-refractivity contribution in [2.75, 3.05) is 11.9 Å². The highest BCUT2D eigenvalue weighted by Crippen LogP contribution is 2.35. The molecule has 1 amide bonds. The molecule has 0 aromatic heterocycles. The predicted molar refractivity (Wildman–Crippen MR) is 92.5 cm³/mol. The van der Waals surface area contributed by atoms with E-state index < -0.39 is 47.4 Å². The molecule has 3 N–H and O–H groups in total. The van der Waals surface area contributed by atoms with E-state index in [1.165, 1.54) is 12.1 Å². The highest BCUT2D eigenvalue weighted by atomic mass is 19.2. The van der Waals surface area contributed by atoms with Crippen LogP contribution in [0.5, 0.6) is 11.5 Å². The molecule has 144 valence electrons. The number of halogens is 3. The summed E-state index contributed by atoms with van der Waals surface area (Å²) in [5.74, 6) is -7.67. The Kier molecular flexibility index (Phi) is 5.08. The van der Waals surface area contributed by atoms with Gasteiger partial charge in [-0.15, -0.1) is 0 Å². The molecule has 0 aliphatic heterocycles. The molecule has 0 aliphatic rings. The molecule has 0 saturated carbocycles. The summed E-state index contributed by atoms with van der Waals surface area (Å²) in [4.78, 5) is 23.9. The van der Waals surface area contributed by atoms with Gasteiger partial charge in [0.05, 0.1) is 5.69 Å². The second-order valence-electron chi connectivity index (χ2n) is 5.68. The fraction of sp³-hybridized carbons (Fsp3) is 0.0526. The first-order valence-corrected chi connectivity index (χ1v) is 7.83. The minimum absolute atomic E-state index is 0.197. The summed E-state index contributed by atoms with van der Waals surface area (Å²) < 4.78 is 44.3. The fourth-order valence-corrected chi connectivity index (χ4v) is 2.51. The largest absolute Gasteiger partial charge is 0.507 e. The van der Waals surface area contributed by atoms with Crippen molar-refractivity contribution in [2.24, 2.45) is 0 Å². The number of ether oxygens (including phenoxy) is 1. The van der Waals surface area contributed by atoms with Crippen molar-refractivity contribution in [2.45, 2.75) is 0 Å². The number of esters is 1. The van der Waals surface area contributed by atoms with Crippen LogP contribution in [0.1, 0.15) is 10.4 Å². The predicted octanol–water partition coefficient (Wildman–Crippen LogP) is 3.46. The number of anilines is 1. The van der Waals surface area contributed by atoms with Gasteiger partial charge >= 0.3 is 5.97 Å². The average Bonchev–Trinajstić information content (AvgIpc) is 2.69. The van der Waals surface area contributed by atoms with Crippen molar-refractivity contribution >= 4 is 28.3 Å². The molecular weight excluding hydrogens is 379 g/mol. The third-order valence-electron chi connectivity index (χ3n) is 3.86. The van der Waals surface area contributed by atoms with Crippen molar-refractivity contribution in [3.63, 3.8) is 0 Å². The number of hydrogen-bond acceptors (Lipinski definition) is 5. The Labute approximate surface area is 155 Å². The average molecular weight is 391 g/mol. The second-order valence-corrected chi connectivity index (χ2v) is 5.68. The molecule has 0 spiro atoms. The Hall–Kier alpha value is -3.75. The summed E-state index contributed by atoms with van der Waals surface area (Å²) in [6.07, 6.45) is 0. The van der Waals surface area contributed by atoms with Crippen LogP contribution in [0, 0.1) is 17.5 Å². The zero-order chi connectivity index (χ0) is 20.4. The first-order valence-electron chi connectivity index (χ1n) is 7.83. The molecule has 0 aliphatic carbocycles. The van der Waals surface area contributed by atoms with Gasteiger partial charge in [-0.2, -0.15) is 0 Å². The van der Waals surface area contributed by atoms with Gasteiger partial charge < -0.3 is 20.3 Å². The number of fused-ring (bicyclic) bond motifs is 1. The molecule has 0 radical (unpaired) electrons. The van der Waals surface area contributed by atoms with Crippen molar-refractivity contribution in [1.29, 1.82) is 0 Å². The first-order chi connectivity index (χ1) is 13.3. The van der Waals surface area contributed by atoms with Crippen LogP contribution in [-0.4, -0.2) is 28.7 Å². The van der Waals surface area contributed by atoms with E-state index in [0.29, 0.717) is 11.5 Å². The zero-order valence-electron chi connectivity index (χ0n) is 14.0. The third-order valence-corrected chi connectivity index (χ3v) is 3.86. The van der Waals surface area contributed by atoms with E-state index in [9.17, 15) is 33.0 Å². The molecule has 0 fully saturated rings. The monoisotopic (exact) mass is 391 g/mol. The quantitative estimate of drug-likeness (QED) is 0.360. The Balaban J connectivity index is 1.72. The minimum Gasteiger partial charge on any atom is -0.507 e. The van der Waals surface area contributed by atoms with Crippen molar-refractivity contribution in [3.05, 3.63) is 65.5 Å². The number of nitrogens with one attached hydrogen (secondary N) is 1. The second kappa shape index (κ2) is 7.47. The Bertz CT molecular complexity index is 1100. The maximum absolute atomic E-state index is 13.5. The van der Waals surface area contributed by atoms with E-state index in [2.05, 4.69) is 0 Å². The van der Waals surface area contributed by atoms with Crippen LogP contribution in [-0.2, 0) is 9.53 Å². The van der Waals surface area contributed by atoms with Crippen LogP contribution in [0.25, 0.3) is 10.8 Å². The van der Waals surface area contributed by atoms with Gasteiger partial charge in [-0.05, 0) is 18.2 Å². The van der Waals surface area contributed by atoms with Crippen LogP contribution in [0.15, 0.2) is 42.5 Å². The number of aromatic hydroxyl groups is 2. The number of amides is 1. The summed E-state index contributed by atoms with van der Waals surface area (Å²) in [7, 11) is 0. The molecule has 9 heteroatoms. The normalized spacial score (nSPS) is 10.7. The van der Waals surface area contributed by atoms with Gasteiger partial charge in [0.2, 0.25) is 0 Å². The van der Waals surface area contributed by atoms with Crippen molar-refractivity contribution in [1.82, 2.24) is 0 Å². The van der Waals surface area contributed by atoms with Crippen LogP contribution in [0.4, 0.5) is 18.9 Å². The number of benzene rings is 3. The lowest BCUT2D eigenvalue weighted by Crippen LogP contribution is -2.22. The van der Waals surface area contributed by atoms with Crippen LogP contribution >= 0.6 is 0 Å². The highest BCUT2D eigenvalue weighted by molar-refractivity contribution is 6.04. The molecule has 3 rings (SSSR count). The molecule has 3 aromatic carbocycles. The van der Waals surface area contributed by atoms with Gasteiger partial charge in [-0.25, -0.2) is 18.0 Å². The molecule has 0 unspecified atom stereocenters. The maximum Gasteiger partial charge on any atom is 0.342 e. The molecule has 28 heavy (non-hydrogen) atoms. The lowest BCUT2D eigenvalue weighted by Gasteiger charge is -2.11. The first kappa shape index (κ1) is 19.0.